The Labute approximate surface area is 109 Å². The van der Waals surface area contributed by atoms with Crippen LogP contribution in [0.1, 0.15) is 0 Å². The molecular weight excluding hydrogens is 230 g/mol. The largest absolute Gasteiger partial charge is 0.383 e. The zero-order chi connectivity index (χ0) is 12.8. The van der Waals surface area contributed by atoms with Crippen molar-refractivity contribution >= 4 is 5.96 Å². The Morgan fingerprint density at radius 1 is 1.28 bits per heavy atom. The molecule has 6 nitrogen and oxygen atoms in total. The van der Waals surface area contributed by atoms with E-state index in [9.17, 15) is 0 Å². The zero-order valence-electron chi connectivity index (χ0n) is 11.5. The number of methoxy groups -OCH3 is 1. The fourth-order valence-corrected chi connectivity index (χ4v) is 2.62. The molecule has 3 saturated heterocycles. The summed E-state index contributed by atoms with van der Waals surface area (Å²) in [5, 5.41) is 6.63. The van der Waals surface area contributed by atoms with Crippen LogP contribution in [0.3, 0.4) is 0 Å². The Balaban J connectivity index is 1.70. The maximum absolute atomic E-state index is 5.01. The molecule has 3 aliphatic heterocycles. The van der Waals surface area contributed by atoms with E-state index < -0.39 is 0 Å². The van der Waals surface area contributed by atoms with Crippen molar-refractivity contribution in [2.24, 2.45) is 4.99 Å². The number of aliphatic imine (C=N–C) groups is 1. The number of guanidine groups is 1. The minimum Gasteiger partial charge on any atom is -0.383 e. The topological polar surface area (TPSA) is 52.1 Å². The van der Waals surface area contributed by atoms with E-state index in [1.807, 2.05) is 0 Å². The molecule has 6 heteroatoms. The first kappa shape index (κ1) is 13.6. The van der Waals surface area contributed by atoms with Gasteiger partial charge in [0.2, 0.25) is 0 Å². The lowest BCUT2D eigenvalue weighted by Gasteiger charge is -2.47. The van der Waals surface area contributed by atoms with E-state index in [4.69, 9.17) is 4.74 Å². The maximum atomic E-state index is 5.01. The highest BCUT2D eigenvalue weighted by atomic mass is 16.5. The molecule has 3 aliphatic rings. The van der Waals surface area contributed by atoms with Gasteiger partial charge < -0.3 is 15.4 Å². The molecule has 0 saturated carbocycles. The lowest BCUT2D eigenvalue weighted by atomic mass is 10.1. The van der Waals surface area contributed by atoms with E-state index in [2.05, 4.69) is 25.4 Å². The van der Waals surface area contributed by atoms with Crippen LogP contribution in [0, 0.1) is 0 Å². The summed E-state index contributed by atoms with van der Waals surface area (Å²) >= 11 is 0. The summed E-state index contributed by atoms with van der Waals surface area (Å²) in [5.74, 6) is 0.865. The molecule has 0 aromatic rings. The standard InChI is InChI=1S/C12H25N5O/c1-13-12(14-3-8-18-2)15-9-11-10-16-4-6-17(11)7-5-16/h11H,3-10H2,1-2H3,(H2,13,14,15). The van der Waals surface area contributed by atoms with Gasteiger partial charge in [-0.1, -0.05) is 0 Å². The Bertz CT molecular complexity index is 276. The van der Waals surface area contributed by atoms with Gasteiger partial charge in [0.25, 0.3) is 0 Å². The Hall–Kier alpha value is -0.850. The first-order valence-corrected chi connectivity index (χ1v) is 6.73. The van der Waals surface area contributed by atoms with Crippen molar-refractivity contribution in [1.82, 2.24) is 20.4 Å². The summed E-state index contributed by atoms with van der Waals surface area (Å²) in [7, 11) is 3.51. The lowest BCUT2D eigenvalue weighted by Crippen LogP contribution is -2.63. The Kier molecular flexibility index (Phi) is 5.22. The van der Waals surface area contributed by atoms with Crippen molar-refractivity contribution in [2.45, 2.75) is 6.04 Å². The number of piperazine rings is 3. The fourth-order valence-electron chi connectivity index (χ4n) is 2.62. The van der Waals surface area contributed by atoms with Crippen LogP contribution >= 0.6 is 0 Å². The normalized spacial score (nSPS) is 31.4. The summed E-state index contributed by atoms with van der Waals surface area (Å²) in [6, 6.07) is 0.619. The van der Waals surface area contributed by atoms with Gasteiger partial charge in [-0.25, -0.2) is 0 Å². The Morgan fingerprint density at radius 3 is 2.61 bits per heavy atom. The van der Waals surface area contributed by atoms with E-state index in [1.165, 1.54) is 32.7 Å². The predicted molar refractivity (Wildman–Crippen MR) is 73.0 cm³/mol. The van der Waals surface area contributed by atoms with Crippen molar-refractivity contribution in [3.8, 4) is 0 Å². The predicted octanol–water partition coefficient (Wildman–Crippen LogP) is -1.20. The summed E-state index contributed by atoms with van der Waals surface area (Å²) in [5.41, 5.74) is 0. The molecule has 0 aromatic heterocycles. The van der Waals surface area contributed by atoms with Crippen LogP contribution in [0.25, 0.3) is 0 Å². The van der Waals surface area contributed by atoms with Crippen molar-refractivity contribution in [3.05, 3.63) is 0 Å². The van der Waals surface area contributed by atoms with Crippen molar-refractivity contribution in [3.63, 3.8) is 0 Å². The number of nitrogens with zero attached hydrogens (tertiary/aromatic N) is 3. The van der Waals surface area contributed by atoms with Gasteiger partial charge in [0.05, 0.1) is 6.61 Å². The molecule has 3 heterocycles. The number of rotatable bonds is 5. The SMILES string of the molecule is CN=C(NCCOC)NCC1CN2CCN1CC2. The number of fused-ring (bicyclic) bond motifs is 3. The number of hydrogen-bond acceptors (Lipinski definition) is 4. The molecule has 0 aliphatic carbocycles. The third-order valence-corrected chi connectivity index (χ3v) is 3.72. The molecule has 0 spiro atoms. The zero-order valence-corrected chi connectivity index (χ0v) is 11.5. The third kappa shape index (κ3) is 3.57. The highest BCUT2D eigenvalue weighted by Gasteiger charge is 2.31. The van der Waals surface area contributed by atoms with Crippen LogP contribution in [0.15, 0.2) is 4.99 Å². The van der Waals surface area contributed by atoms with Crippen molar-refractivity contribution < 1.29 is 4.74 Å². The van der Waals surface area contributed by atoms with E-state index in [1.54, 1.807) is 14.2 Å². The average molecular weight is 255 g/mol. The molecular formula is C12H25N5O. The van der Waals surface area contributed by atoms with E-state index in [0.29, 0.717) is 12.6 Å². The summed E-state index contributed by atoms with van der Waals surface area (Å²) in [6.07, 6.45) is 0. The van der Waals surface area contributed by atoms with E-state index in [0.717, 1.165) is 19.0 Å². The van der Waals surface area contributed by atoms with Crippen LogP contribution in [-0.2, 0) is 4.74 Å². The molecule has 3 rings (SSSR count). The highest BCUT2D eigenvalue weighted by molar-refractivity contribution is 5.79. The summed E-state index contributed by atoms with van der Waals surface area (Å²) < 4.78 is 5.01. The lowest BCUT2D eigenvalue weighted by molar-refractivity contribution is 0.0154. The Morgan fingerprint density at radius 2 is 2.06 bits per heavy atom. The molecule has 1 unspecified atom stereocenters. The molecule has 3 fully saturated rings. The van der Waals surface area contributed by atoms with Crippen LogP contribution in [0.2, 0.25) is 0 Å². The fraction of sp³-hybridized carbons (Fsp3) is 0.917. The van der Waals surface area contributed by atoms with Gasteiger partial charge in [0.1, 0.15) is 0 Å². The van der Waals surface area contributed by atoms with Crippen molar-refractivity contribution in [1.29, 1.82) is 0 Å². The quantitative estimate of drug-likeness (QED) is 0.367. The molecule has 18 heavy (non-hydrogen) atoms. The molecule has 0 aromatic carbocycles. The number of hydrogen-bond donors (Lipinski definition) is 2. The van der Waals surface area contributed by atoms with Crippen LogP contribution in [0.4, 0.5) is 0 Å². The number of ether oxygens (including phenoxy) is 1. The second-order valence-corrected chi connectivity index (χ2v) is 4.86. The minimum atomic E-state index is 0.619. The second kappa shape index (κ2) is 6.92. The van der Waals surface area contributed by atoms with E-state index in [-0.39, 0.29) is 0 Å². The van der Waals surface area contributed by atoms with Gasteiger partial charge in [-0.2, -0.15) is 0 Å². The van der Waals surface area contributed by atoms with Gasteiger partial charge in [-0.15, -0.1) is 0 Å². The maximum Gasteiger partial charge on any atom is 0.191 e. The molecule has 0 amide bonds. The minimum absolute atomic E-state index is 0.619. The monoisotopic (exact) mass is 255 g/mol. The first-order valence-electron chi connectivity index (χ1n) is 6.73. The smallest absolute Gasteiger partial charge is 0.191 e. The molecule has 1 atom stereocenters. The summed E-state index contributed by atoms with van der Waals surface area (Å²) in [6.45, 7) is 8.52. The second-order valence-electron chi connectivity index (χ2n) is 4.86. The van der Waals surface area contributed by atoms with Gasteiger partial charge in [-0.3, -0.25) is 14.8 Å². The van der Waals surface area contributed by atoms with Gasteiger partial charge >= 0.3 is 0 Å². The summed E-state index contributed by atoms with van der Waals surface area (Å²) in [4.78, 5) is 9.34. The van der Waals surface area contributed by atoms with Gasteiger partial charge in [0.15, 0.2) is 5.96 Å². The number of nitrogens with one attached hydrogen (secondary N) is 2. The highest BCUT2D eigenvalue weighted by Crippen LogP contribution is 2.14. The van der Waals surface area contributed by atoms with Gasteiger partial charge in [-0.05, 0) is 0 Å². The van der Waals surface area contributed by atoms with E-state index >= 15 is 0 Å². The molecule has 0 radical (unpaired) electrons. The molecule has 2 bridgehead atoms. The third-order valence-electron chi connectivity index (χ3n) is 3.72. The van der Waals surface area contributed by atoms with Crippen LogP contribution < -0.4 is 10.6 Å². The first-order chi connectivity index (χ1) is 8.83. The van der Waals surface area contributed by atoms with Crippen LogP contribution in [0.5, 0.6) is 0 Å². The molecule has 104 valence electrons. The van der Waals surface area contributed by atoms with Crippen LogP contribution in [-0.4, -0.2) is 88.4 Å². The van der Waals surface area contributed by atoms with Gasteiger partial charge in [0, 0.05) is 66.0 Å². The molecule has 2 N–H and O–H groups in total. The van der Waals surface area contributed by atoms with Crippen molar-refractivity contribution in [2.75, 3.05) is 66.6 Å². The average Bonchev–Trinajstić information content (AvgIpc) is 2.44.